The Balaban J connectivity index is 2.18. The molecule has 0 unspecified atom stereocenters. The number of hydrogen-bond acceptors (Lipinski definition) is 3. The molecule has 0 aliphatic carbocycles. The van der Waals surface area contributed by atoms with E-state index in [-0.39, 0.29) is 0 Å². The molecule has 3 heterocycles. The number of benzene rings is 1. The molecule has 0 N–H and O–H groups in total. The van der Waals surface area contributed by atoms with Crippen LogP contribution in [-0.2, 0) is 0 Å². The summed E-state index contributed by atoms with van der Waals surface area (Å²) in [6.45, 7) is 2.06. The maximum absolute atomic E-state index is 6.17. The van der Waals surface area contributed by atoms with E-state index in [0.29, 0.717) is 5.02 Å². The summed E-state index contributed by atoms with van der Waals surface area (Å²) in [7, 11) is 0. The van der Waals surface area contributed by atoms with E-state index in [9.17, 15) is 0 Å². The van der Waals surface area contributed by atoms with Gasteiger partial charge in [-0.1, -0.05) is 17.7 Å². The van der Waals surface area contributed by atoms with E-state index >= 15 is 0 Å². The number of nitrogens with zero attached hydrogens (tertiary/aromatic N) is 4. The van der Waals surface area contributed by atoms with Gasteiger partial charge in [-0.25, -0.2) is 0 Å². The van der Waals surface area contributed by atoms with Gasteiger partial charge in [-0.3, -0.25) is 9.38 Å². The van der Waals surface area contributed by atoms with Gasteiger partial charge in [0.2, 0.25) is 0 Å². The van der Waals surface area contributed by atoms with Crippen LogP contribution in [0.3, 0.4) is 0 Å². The average molecular weight is 295 g/mol. The van der Waals surface area contributed by atoms with E-state index in [4.69, 9.17) is 11.6 Å². The molecule has 0 radical (unpaired) electrons. The summed E-state index contributed by atoms with van der Waals surface area (Å²) in [5.41, 5.74) is 3.89. The zero-order valence-electron chi connectivity index (χ0n) is 11.3. The number of aromatic nitrogens is 4. The molecule has 0 aliphatic rings. The van der Waals surface area contributed by atoms with Crippen LogP contribution >= 0.6 is 11.6 Å². The lowest BCUT2D eigenvalue weighted by Gasteiger charge is -2.08. The zero-order chi connectivity index (χ0) is 14.4. The van der Waals surface area contributed by atoms with E-state index in [1.54, 1.807) is 12.4 Å². The third-order valence-electron chi connectivity index (χ3n) is 3.58. The van der Waals surface area contributed by atoms with Gasteiger partial charge in [-0.2, -0.15) is 0 Å². The van der Waals surface area contributed by atoms with Crippen molar-refractivity contribution in [2.24, 2.45) is 0 Å². The van der Waals surface area contributed by atoms with E-state index < -0.39 is 0 Å². The summed E-state index contributed by atoms with van der Waals surface area (Å²) in [4.78, 5) is 4.16. The fourth-order valence-electron chi connectivity index (χ4n) is 2.60. The van der Waals surface area contributed by atoms with Crippen LogP contribution in [-0.4, -0.2) is 19.6 Å². The summed E-state index contributed by atoms with van der Waals surface area (Å²) < 4.78 is 2.02. The Morgan fingerprint density at radius 1 is 1.10 bits per heavy atom. The Morgan fingerprint density at radius 2 is 2.00 bits per heavy atom. The first-order valence-corrected chi connectivity index (χ1v) is 6.96. The van der Waals surface area contributed by atoms with Gasteiger partial charge in [-0.05, 0) is 42.8 Å². The van der Waals surface area contributed by atoms with Gasteiger partial charge >= 0.3 is 0 Å². The molecule has 4 nitrogen and oxygen atoms in total. The molecule has 0 atom stereocenters. The summed E-state index contributed by atoms with van der Waals surface area (Å²) in [5.74, 6) is 0.769. The van der Waals surface area contributed by atoms with E-state index in [1.165, 1.54) is 0 Å². The van der Waals surface area contributed by atoms with Crippen molar-refractivity contribution in [1.82, 2.24) is 19.6 Å². The molecule has 0 spiro atoms. The van der Waals surface area contributed by atoms with Crippen LogP contribution in [0.15, 0.2) is 48.8 Å². The molecule has 0 aliphatic heterocycles. The number of pyridine rings is 2. The van der Waals surface area contributed by atoms with Crippen molar-refractivity contribution in [3.63, 3.8) is 0 Å². The lowest BCUT2D eigenvalue weighted by Crippen LogP contribution is -1.94. The van der Waals surface area contributed by atoms with Crippen molar-refractivity contribution < 1.29 is 0 Å². The Bertz CT molecular complexity index is 960. The molecule has 21 heavy (non-hydrogen) atoms. The molecule has 3 aromatic heterocycles. The Kier molecular flexibility index (Phi) is 2.65. The number of halogens is 1. The summed E-state index contributed by atoms with van der Waals surface area (Å²) in [5, 5.41) is 10.4. The minimum absolute atomic E-state index is 0.695. The first kappa shape index (κ1) is 12.3. The minimum Gasteiger partial charge on any atom is -0.275 e. The number of hydrogen-bond donors (Lipinski definition) is 0. The lowest BCUT2D eigenvalue weighted by atomic mass is 10.1. The fourth-order valence-corrected chi connectivity index (χ4v) is 2.77. The van der Waals surface area contributed by atoms with Gasteiger partial charge in [0.1, 0.15) is 0 Å². The maximum Gasteiger partial charge on any atom is 0.170 e. The van der Waals surface area contributed by atoms with Crippen LogP contribution in [0.25, 0.3) is 27.9 Å². The van der Waals surface area contributed by atoms with Crippen molar-refractivity contribution in [3.05, 3.63) is 59.4 Å². The normalized spacial score (nSPS) is 11.3. The number of aryl methyl sites for hydroxylation is 1. The molecule has 0 bridgehead atoms. The molecule has 4 aromatic rings. The minimum atomic E-state index is 0.695. The zero-order valence-corrected chi connectivity index (χ0v) is 12.0. The highest BCUT2D eigenvalue weighted by molar-refractivity contribution is 6.31. The molecule has 0 fully saturated rings. The molecule has 0 saturated heterocycles. The van der Waals surface area contributed by atoms with Crippen LogP contribution in [0.1, 0.15) is 5.56 Å². The van der Waals surface area contributed by atoms with Gasteiger partial charge < -0.3 is 0 Å². The highest BCUT2D eigenvalue weighted by Crippen LogP contribution is 2.27. The van der Waals surface area contributed by atoms with Crippen LogP contribution < -0.4 is 0 Å². The average Bonchev–Trinajstić information content (AvgIpc) is 2.92. The van der Waals surface area contributed by atoms with E-state index in [1.807, 2.05) is 40.8 Å². The quantitative estimate of drug-likeness (QED) is 0.534. The van der Waals surface area contributed by atoms with Gasteiger partial charge in [0.25, 0.3) is 0 Å². The molecule has 0 amide bonds. The fraction of sp³-hybridized carbons (Fsp3) is 0.0625. The van der Waals surface area contributed by atoms with Crippen LogP contribution in [0.5, 0.6) is 0 Å². The molecule has 0 saturated carbocycles. The predicted octanol–water partition coefficient (Wildman–Crippen LogP) is 3.91. The largest absolute Gasteiger partial charge is 0.275 e. The van der Waals surface area contributed by atoms with Crippen molar-refractivity contribution in [1.29, 1.82) is 0 Å². The van der Waals surface area contributed by atoms with Crippen LogP contribution in [0.4, 0.5) is 0 Å². The second-order valence-electron chi connectivity index (χ2n) is 4.95. The smallest absolute Gasteiger partial charge is 0.170 e. The molecular formula is C16H11ClN4. The molecule has 4 rings (SSSR count). The first-order chi connectivity index (χ1) is 10.2. The first-order valence-electron chi connectivity index (χ1n) is 6.58. The standard InChI is InChI=1S/C16H11ClN4/c1-10-7-15-19-20-16(11-3-2-6-18-9-11)21(15)14-8-12(17)4-5-13(10)14/h2-9H,1H3. The van der Waals surface area contributed by atoms with Gasteiger partial charge in [0.15, 0.2) is 11.5 Å². The Labute approximate surface area is 126 Å². The molecule has 102 valence electrons. The third-order valence-corrected chi connectivity index (χ3v) is 3.81. The topological polar surface area (TPSA) is 43.1 Å². The van der Waals surface area contributed by atoms with Crippen LogP contribution in [0.2, 0.25) is 5.02 Å². The second-order valence-corrected chi connectivity index (χ2v) is 5.38. The van der Waals surface area contributed by atoms with Crippen molar-refractivity contribution in [3.8, 4) is 11.4 Å². The van der Waals surface area contributed by atoms with Gasteiger partial charge in [0.05, 0.1) is 5.52 Å². The second kappa shape index (κ2) is 4.53. The Hall–Kier alpha value is -2.46. The Morgan fingerprint density at radius 3 is 2.81 bits per heavy atom. The SMILES string of the molecule is Cc1cc2nnc(-c3cccnc3)n2c2cc(Cl)ccc12. The van der Waals surface area contributed by atoms with Crippen molar-refractivity contribution in [2.45, 2.75) is 6.92 Å². The number of rotatable bonds is 1. The monoisotopic (exact) mass is 294 g/mol. The highest BCUT2D eigenvalue weighted by atomic mass is 35.5. The number of fused-ring (bicyclic) bond motifs is 3. The molecule has 1 aromatic carbocycles. The molecular weight excluding hydrogens is 284 g/mol. The maximum atomic E-state index is 6.17. The summed E-state index contributed by atoms with van der Waals surface area (Å²) >= 11 is 6.17. The van der Waals surface area contributed by atoms with E-state index in [0.717, 1.165) is 33.5 Å². The van der Waals surface area contributed by atoms with Crippen molar-refractivity contribution in [2.75, 3.05) is 0 Å². The van der Waals surface area contributed by atoms with Gasteiger partial charge in [-0.15, -0.1) is 10.2 Å². The summed E-state index contributed by atoms with van der Waals surface area (Å²) in [6.07, 6.45) is 3.53. The molecule has 5 heteroatoms. The predicted molar refractivity (Wildman–Crippen MR) is 83.5 cm³/mol. The van der Waals surface area contributed by atoms with Crippen molar-refractivity contribution >= 4 is 28.2 Å². The van der Waals surface area contributed by atoms with E-state index in [2.05, 4.69) is 22.1 Å². The highest BCUT2D eigenvalue weighted by Gasteiger charge is 2.12. The lowest BCUT2D eigenvalue weighted by molar-refractivity contribution is 1.11. The third kappa shape index (κ3) is 1.87. The summed E-state index contributed by atoms with van der Waals surface area (Å²) in [6, 6.07) is 11.8. The van der Waals surface area contributed by atoms with Gasteiger partial charge in [0, 0.05) is 28.4 Å². The van der Waals surface area contributed by atoms with Crippen LogP contribution in [0, 0.1) is 6.92 Å².